The molecular formula is C16H12Cl2N3NaO2S. The van der Waals surface area contributed by atoms with Crippen molar-refractivity contribution < 1.29 is 35.8 Å². The zero-order valence-corrected chi connectivity index (χ0v) is 17.5. The van der Waals surface area contributed by atoms with E-state index in [4.69, 9.17) is 23.2 Å². The van der Waals surface area contributed by atoms with Gasteiger partial charge in [-0.15, -0.1) is 0 Å². The Bertz CT molecular complexity index is 930. The second-order valence-corrected chi connectivity index (χ2v) is 6.80. The van der Waals surface area contributed by atoms with Crippen LogP contribution in [0.2, 0.25) is 10.0 Å². The van der Waals surface area contributed by atoms with Crippen LogP contribution in [-0.4, -0.2) is 14.8 Å². The van der Waals surface area contributed by atoms with E-state index in [-0.39, 0.29) is 42.0 Å². The second kappa shape index (κ2) is 8.98. The number of nitrogens with zero attached hydrogens (tertiary/aromatic N) is 2. The summed E-state index contributed by atoms with van der Waals surface area (Å²) in [4.78, 5) is 27.9. The van der Waals surface area contributed by atoms with E-state index in [1.807, 2.05) is 12.1 Å². The monoisotopic (exact) mass is 403 g/mol. The van der Waals surface area contributed by atoms with Gasteiger partial charge in [0.2, 0.25) is 5.13 Å². The Labute approximate surface area is 181 Å². The Balaban J connectivity index is 0.00000169. The third-order valence-electron chi connectivity index (χ3n) is 3.17. The molecule has 1 amide bonds. The van der Waals surface area contributed by atoms with Gasteiger partial charge in [-0.3, -0.25) is 10.1 Å². The summed E-state index contributed by atoms with van der Waals surface area (Å²) < 4.78 is 1.46. The molecule has 0 unspecified atom stereocenters. The first kappa shape index (κ1) is 20.2. The molecule has 3 rings (SSSR count). The molecule has 0 fully saturated rings. The smallest absolute Gasteiger partial charge is 1.00 e. The first-order chi connectivity index (χ1) is 11.5. The molecule has 2 aromatic carbocycles. The molecule has 9 heteroatoms. The average Bonchev–Trinajstić information content (AvgIpc) is 2.89. The van der Waals surface area contributed by atoms with Gasteiger partial charge in [0.1, 0.15) is 0 Å². The third-order valence-corrected chi connectivity index (χ3v) is 4.55. The van der Waals surface area contributed by atoms with Crippen LogP contribution in [0.5, 0.6) is 0 Å². The van der Waals surface area contributed by atoms with Crippen molar-refractivity contribution in [2.75, 3.05) is 5.32 Å². The van der Waals surface area contributed by atoms with Crippen molar-refractivity contribution in [1.29, 1.82) is 0 Å². The number of benzene rings is 2. The molecule has 3 aromatic rings. The summed E-state index contributed by atoms with van der Waals surface area (Å²) in [7, 11) is 0. The molecule has 1 aromatic heterocycles. The number of hydrogen-bond acceptors (Lipinski definition) is 4. The average molecular weight is 404 g/mol. The first-order valence-corrected chi connectivity index (χ1v) is 8.44. The van der Waals surface area contributed by atoms with E-state index < -0.39 is 5.69 Å². The summed E-state index contributed by atoms with van der Waals surface area (Å²) in [5.41, 5.74) is 0.938. The molecule has 0 aliphatic heterocycles. The van der Waals surface area contributed by atoms with E-state index in [0.717, 1.165) is 17.1 Å². The summed E-state index contributed by atoms with van der Waals surface area (Å²) in [5.74, 6) is -0.348. The number of carbonyl (C=O) groups excluding carboxylic acids is 1. The molecule has 5 nitrogen and oxygen atoms in total. The van der Waals surface area contributed by atoms with Crippen LogP contribution in [0.1, 0.15) is 17.3 Å². The van der Waals surface area contributed by atoms with Gasteiger partial charge in [-0.1, -0.05) is 35.3 Å². The van der Waals surface area contributed by atoms with Gasteiger partial charge in [0.25, 0.3) is 5.91 Å². The second-order valence-electron chi connectivity index (χ2n) is 4.91. The molecule has 0 radical (unpaired) electrons. The normalized spacial score (nSPS) is 10.2. The van der Waals surface area contributed by atoms with E-state index in [2.05, 4.69) is 10.3 Å². The minimum absolute atomic E-state index is 0. The zero-order valence-electron chi connectivity index (χ0n) is 14.2. The Morgan fingerprint density at radius 1 is 1.08 bits per heavy atom. The third kappa shape index (κ3) is 5.41. The van der Waals surface area contributed by atoms with Gasteiger partial charge >= 0.3 is 35.2 Å². The number of amides is 1. The summed E-state index contributed by atoms with van der Waals surface area (Å²) in [5, 5.41) is 4.04. The Kier molecular flexibility index (Phi) is 7.25. The van der Waals surface area contributed by atoms with Crippen LogP contribution in [0.15, 0.2) is 53.3 Å². The van der Waals surface area contributed by atoms with Crippen LogP contribution < -0.4 is 40.6 Å². The van der Waals surface area contributed by atoms with Crippen LogP contribution in [-0.2, 0) is 6.54 Å². The van der Waals surface area contributed by atoms with E-state index in [1.54, 1.807) is 36.4 Å². The van der Waals surface area contributed by atoms with Gasteiger partial charge in [0, 0.05) is 15.6 Å². The molecular weight excluding hydrogens is 392 g/mol. The SMILES string of the molecule is O=C(Nc1nc(=O)n(Cc2ccc(Cl)cc2)s1)c1ccc(Cl)cc1.[H-].[Na+]. The van der Waals surface area contributed by atoms with Crippen molar-refractivity contribution >= 4 is 45.8 Å². The van der Waals surface area contributed by atoms with Crippen LogP contribution >= 0.6 is 34.7 Å². The molecule has 0 aliphatic rings. The van der Waals surface area contributed by atoms with Gasteiger partial charge in [0.05, 0.1) is 6.54 Å². The topological polar surface area (TPSA) is 64.0 Å². The molecule has 0 spiro atoms. The molecule has 0 bridgehead atoms. The van der Waals surface area contributed by atoms with E-state index in [1.165, 1.54) is 3.96 Å². The molecule has 1 N–H and O–H groups in total. The molecule has 0 aliphatic carbocycles. The van der Waals surface area contributed by atoms with Gasteiger partial charge < -0.3 is 1.43 Å². The summed E-state index contributed by atoms with van der Waals surface area (Å²) in [6, 6.07) is 13.6. The summed E-state index contributed by atoms with van der Waals surface area (Å²) in [6.45, 7) is 0.366. The Hall–Kier alpha value is -1.15. The fraction of sp³-hybridized carbons (Fsp3) is 0.0625. The standard InChI is InChI=1S/C16H11Cl2N3O2S.Na.H/c17-12-5-1-10(2-6-12)9-21-16(23)20-15(24-21)19-14(22)11-3-7-13(18)8-4-11;;/h1-8H,9H2,(H,19,20,22,23);;/q;+1;-1. The van der Waals surface area contributed by atoms with Crippen LogP contribution in [0.3, 0.4) is 0 Å². The fourth-order valence-electron chi connectivity index (χ4n) is 1.98. The largest absolute Gasteiger partial charge is 1.00 e. The van der Waals surface area contributed by atoms with E-state index in [9.17, 15) is 9.59 Å². The predicted molar refractivity (Wildman–Crippen MR) is 97.4 cm³/mol. The van der Waals surface area contributed by atoms with Gasteiger partial charge in [-0.2, -0.15) is 4.98 Å². The summed E-state index contributed by atoms with van der Waals surface area (Å²) >= 11 is 12.7. The maximum Gasteiger partial charge on any atom is 1.00 e. The molecule has 0 atom stereocenters. The van der Waals surface area contributed by atoms with Gasteiger partial charge in [-0.05, 0) is 53.5 Å². The molecule has 124 valence electrons. The minimum atomic E-state index is -0.415. The van der Waals surface area contributed by atoms with Crippen molar-refractivity contribution in [1.82, 2.24) is 8.94 Å². The first-order valence-electron chi connectivity index (χ1n) is 6.91. The fourth-order valence-corrected chi connectivity index (χ4v) is 3.03. The van der Waals surface area contributed by atoms with Crippen molar-refractivity contribution in [2.24, 2.45) is 0 Å². The molecule has 0 saturated heterocycles. The van der Waals surface area contributed by atoms with Crippen LogP contribution in [0, 0.1) is 0 Å². The number of carbonyl (C=O) groups is 1. The van der Waals surface area contributed by atoms with Crippen molar-refractivity contribution in [3.05, 3.63) is 80.2 Å². The Morgan fingerprint density at radius 2 is 1.64 bits per heavy atom. The van der Waals surface area contributed by atoms with E-state index >= 15 is 0 Å². The molecule has 0 saturated carbocycles. The molecule has 25 heavy (non-hydrogen) atoms. The minimum Gasteiger partial charge on any atom is -1.00 e. The van der Waals surface area contributed by atoms with Crippen LogP contribution in [0.4, 0.5) is 5.13 Å². The van der Waals surface area contributed by atoms with E-state index in [0.29, 0.717) is 22.2 Å². The maximum absolute atomic E-state index is 12.1. The number of rotatable bonds is 4. The Morgan fingerprint density at radius 3 is 2.24 bits per heavy atom. The number of anilines is 1. The number of halogens is 2. The van der Waals surface area contributed by atoms with Gasteiger partial charge in [0.15, 0.2) is 0 Å². The zero-order chi connectivity index (χ0) is 17.1. The van der Waals surface area contributed by atoms with Crippen molar-refractivity contribution in [3.8, 4) is 0 Å². The maximum atomic E-state index is 12.1. The van der Waals surface area contributed by atoms with Gasteiger partial charge in [-0.25, -0.2) is 8.75 Å². The quantitative estimate of drug-likeness (QED) is 0.661. The predicted octanol–water partition coefficient (Wildman–Crippen LogP) is 1.03. The van der Waals surface area contributed by atoms with Crippen molar-refractivity contribution in [2.45, 2.75) is 6.54 Å². The number of aromatic nitrogens is 2. The molecule has 1 heterocycles. The number of nitrogens with one attached hydrogen (secondary N) is 1. The number of hydrogen-bond donors (Lipinski definition) is 1. The van der Waals surface area contributed by atoms with Crippen LogP contribution in [0.25, 0.3) is 0 Å². The summed E-state index contributed by atoms with van der Waals surface area (Å²) in [6.07, 6.45) is 0. The van der Waals surface area contributed by atoms with Crippen molar-refractivity contribution in [3.63, 3.8) is 0 Å².